The molecule has 2 fully saturated rings. The van der Waals surface area contributed by atoms with E-state index in [4.69, 9.17) is 0 Å². The summed E-state index contributed by atoms with van der Waals surface area (Å²) in [6.45, 7) is 0.457. The molecule has 0 radical (unpaired) electrons. The summed E-state index contributed by atoms with van der Waals surface area (Å²) in [5, 5.41) is 9.38. The molecule has 1 aliphatic heterocycles. The summed E-state index contributed by atoms with van der Waals surface area (Å²) in [4.78, 5) is 0. The summed E-state index contributed by atoms with van der Waals surface area (Å²) in [5.74, 6) is 0. The summed E-state index contributed by atoms with van der Waals surface area (Å²) in [7, 11) is -3.45. The molecule has 118 valence electrons. The number of aliphatic hydroxyl groups is 1. The largest absolute Gasteiger partial charge is 0.395 e. The van der Waals surface area contributed by atoms with E-state index in [2.05, 4.69) is 4.72 Å². The van der Waals surface area contributed by atoms with Crippen LogP contribution in [0.2, 0.25) is 0 Å². The van der Waals surface area contributed by atoms with Gasteiger partial charge in [-0.3, -0.25) is 0 Å². The Kier molecular flexibility index (Phi) is 6.26. The Labute approximate surface area is 122 Å². The van der Waals surface area contributed by atoms with Crippen molar-refractivity contribution < 1.29 is 13.5 Å². The predicted molar refractivity (Wildman–Crippen MR) is 79.6 cm³/mol. The van der Waals surface area contributed by atoms with E-state index >= 15 is 0 Å². The lowest BCUT2D eigenvalue weighted by molar-refractivity contribution is 0.153. The fourth-order valence-corrected chi connectivity index (χ4v) is 5.05. The summed E-state index contributed by atoms with van der Waals surface area (Å²) < 4.78 is 29.4. The Hall–Kier alpha value is -0.170. The van der Waals surface area contributed by atoms with Crippen molar-refractivity contribution >= 4 is 10.2 Å². The molecule has 1 heterocycles. The van der Waals surface area contributed by atoms with Crippen molar-refractivity contribution in [3.63, 3.8) is 0 Å². The SMILES string of the molecule is O=S(=O)(NC1CCCCCCC1)N1CCCCC1CO. The summed E-state index contributed by atoms with van der Waals surface area (Å²) in [6.07, 6.45) is 10.5. The fraction of sp³-hybridized carbons (Fsp3) is 1.00. The minimum Gasteiger partial charge on any atom is -0.395 e. The maximum atomic E-state index is 12.5. The number of piperidine rings is 1. The van der Waals surface area contributed by atoms with Crippen LogP contribution < -0.4 is 4.72 Å². The molecule has 2 N–H and O–H groups in total. The van der Waals surface area contributed by atoms with Gasteiger partial charge in [-0.25, -0.2) is 0 Å². The van der Waals surface area contributed by atoms with Crippen molar-refractivity contribution in [2.45, 2.75) is 76.3 Å². The first-order valence-electron chi connectivity index (χ1n) is 8.03. The van der Waals surface area contributed by atoms with Crippen LogP contribution >= 0.6 is 0 Å². The standard InChI is InChI=1S/C14H28N2O3S/c17-12-14-10-6-7-11-16(14)20(18,19)15-13-8-4-2-1-3-5-9-13/h13-15,17H,1-12H2. The van der Waals surface area contributed by atoms with Gasteiger partial charge in [0.15, 0.2) is 0 Å². The molecule has 1 unspecified atom stereocenters. The van der Waals surface area contributed by atoms with E-state index in [0.717, 1.165) is 44.9 Å². The lowest BCUT2D eigenvalue weighted by Gasteiger charge is -2.35. The van der Waals surface area contributed by atoms with Crippen molar-refractivity contribution in [2.24, 2.45) is 0 Å². The van der Waals surface area contributed by atoms with Gasteiger partial charge in [0.2, 0.25) is 0 Å². The van der Waals surface area contributed by atoms with Crippen LogP contribution in [0.1, 0.15) is 64.2 Å². The third-order valence-electron chi connectivity index (χ3n) is 4.51. The Balaban J connectivity index is 1.97. The van der Waals surface area contributed by atoms with Gasteiger partial charge in [0.25, 0.3) is 10.2 Å². The van der Waals surface area contributed by atoms with Crippen LogP contribution in [0.25, 0.3) is 0 Å². The number of nitrogens with one attached hydrogen (secondary N) is 1. The highest BCUT2D eigenvalue weighted by atomic mass is 32.2. The summed E-state index contributed by atoms with van der Waals surface area (Å²) in [5.41, 5.74) is 0. The van der Waals surface area contributed by atoms with Crippen LogP contribution in [-0.4, -0.2) is 43.1 Å². The van der Waals surface area contributed by atoms with Gasteiger partial charge in [0, 0.05) is 18.6 Å². The number of hydrogen-bond donors (Lipinski definition) is 2. The van der Waals surface area contributed by atoms with E-state index in [1.54, 1.807) is 0 Å². The molecule has 0 aromatic rings. The lowest BCUT2D eigenvalue weighted by atomic mass is 9.97. The molecule has 1 atom stereocenters. The van der Waals surface area contributed by atoms with E-state index in [0.29, 0.717) is 6.54 Å². The number of nitrogens with zero attached hydrogens (tertiary/aromatic N) is 1. The highest BCUT2D eigenvalue weighted by Gasteiger charge is 2.33. The van der Waals surface area contributed by atoms with E-state index < -0.39 is 10.2 Å². The monoisotopic (exact) mass is 304 g/mol. The molecule has 0 spiro atoms. The maximum Gasteiger partial charge on any atom is 0.280 e. The predicted octanol–water partition coefficient (Wildman–Crippen LogP) is 1.78. The highest BCUT2D eigenvalue weighted by Crippen LogP contribution is 2.22. The molecule has 20 heavy (non-hydrogen) atoms. The molecule has 1 aliphatic carbocycles. The second-order valence-electron chi connectivity index (χ2n) is 6.11. The molecule has 1 saturated carbocycles. The first kappa shape index (κ1) is 16.2. The van der Waals surface area contributed by atoms with E-state index in [9.17, 15) is 13.5 Å². The number of hydrogen-bond acceptors (Lipinski definition) is 3. The molecule has 0 amide bonds. The minimum atomic E-state index is -3.45. The summed E-state index contributed by atoms with van der Waals surface area (Å²) >= 11 is 0. The van der Waals surface area contributed by atoms with Gasteiger partial charge in [0.05, 0.1) is 6.61 Å². The highest BCUT2D eigenvalue weighted by molar-refractivity contribution is 7.87. The van der Waals surface area contributed by atoms with Crippen molar-refractivity contribution in [3.05, 3.63) is 0 Å². The van der Waals surface area contributed by atoms with Gasteiger partial charge in [-0.05, 0) is 25.7 Å². The third kappa shape index (κ3) is 4.41. The van der Waals surface area contributed by atoms with Gasteiger partial charge in [-0.2, -0.15) is 17.4 Å². The Bertz CT molecular complexity index is 378. The zero-order chi connectivity index (χ0) is 14.4. The van der Waals surface area contributed by atoms with Crippen LogP contribution in [0.15, 0.2) is 0 Å². The van der Waals surface area contributed by atoms with Crippen LogP contribution in [0.5, 0.6) is 0 Å². The van der Waals surface area contributed by atoms with Gasteiger partial charge >= 0.3 is 0 Å². The molecular formula is C14H28N2O3S. The molecule has 0 aromatic carbocycles. The normalized spacial score (nSPS) is 27.9. The molecule has 0 bridgehead atoms. The number of aliphatic hydroxyl groups excluding tert-OH is 1. The van der Waals surface area contributed by atoms with E-state index in [1.807, 2.05) is 0 Å². The zero-order valence-corrected chi connectivity index (χ0v) is 13.1. The Morgan fingerprint density at radius 2 is 1.55 bits per heavy atom. The van der Waals surface area contributed by atoms with Crippen molar-refractivity contribution in [1.29, 1.82) is 0 Å². The maximum absolute atomic E-state index is 12.5. The lowest BCUT2D eigenvalue weighted by Crippen LogP contribution is -2.52. The van der Waals surface area contributed by atoms with Crippen molar-refractivity contribution in [1.82, 2.24) is 9.03 Å². The average molecular weight is 304 g/mol. The fourth-order valence-electron chi connectivity index (χ4n) is 3.33. The van der Waals surface area contributed by atoms with Crippen LogP contribution in [0.4, 0.5) is 0 Å². The number of rotatable bonds is 4. The molecule has 1 saturated heterocycles. The molecule has 6 heteroatoms. The summed E-state index contributed by atoms with van der Waals surface area (Å²) in [6, 6.07) is -0.170. The molecule has 5 nitrogen and oxygen atoms in total. The van der Waals surface area contributed by atoms with Crippen LogP contribution in [-0.2, 0) is 10.2 Å². The Morgan fingerprint density at radius 3 is 2.20 bits per heavy atom. The van der Waals surface area contributed by atoms with Gasteiger partial charge < -0.3 is 5.11 Å². The first-order chi connectivity index (χ1) is 9.63. The molecular weight excluding hydrogens is 276 g/mol. The van der Waals surface area contributed by atoms with E-state index in [1.165, 1.54) is 23.6 Å². The van der Waals surface area contributed by atoms with Gasteiger partial charge in [-0.15, -0.1) is 0 Å². The van der Waals surface area contributed by atoms with Gasteiger partial charge in [-0.1, -0.05) is 38.5 Å². The quantitative estimate of drug-likeness (QED) is 0.832. The van der Waals surface area contributed by atoms with Crippen molar-refractivity contribution in [2.75, 3.05) is 13.2 Å². The second-order valence-corrected chi connectivity index (χ2v) is 7.76. The molecule has 0 aromatic heterocycles. The Morgan fingerprint density at radius 1 is 0.950 bits per heavy atom. The van der Waals surface area contributed by atoms with Crippen molar-refractivity contribution in [3.8, 4) is 0 Å². The topological polar surface area (TPSA) is 69.6 Å². The minimum absolute atomic E-state index is 0.0709. The van der Waals surface area contributed by atoms with Crippen LogP contribution in [0.3, 0.4) is 0 Å². The van der Waals surface area contributed by atoms with Crippen LogP contribution in [0, 0.1) is 0 Å². The molecule has 2 rings (SSSR count). The second kappa shape index (κ2) is 7.73. The first-order valence-corrected chi connectivity index (χ1v) is 9.47. The molecule has 2 aliphatic rings. The zero-order valence-electron chi connectivity index (χ0n) is 12.3. The van der Waals surface area contributed by atoms with E-state index in [-0.39, 0.29) is 18.7 Å². The smallest absolute Gasteiger partial charge is 0.280 e. The average Bonchev–Trinajstić information content (AvgIpc) is 2.41. The van der Waals surface area contributed by atoms with Gasteiger partial charge in [0.1, 0.15) is 0 Å². The third-order valence-corrected chi connectivity index (χ3v) is 6.24.